The monoisotopic (exact) mass is 153 g/mol. The van der Waals surface area contributed by atoms with Crippen LogP contribution in [0.4, 0.5) is 5.69 Å². The highest BCUT2D eigenvalue weighted by Crippen LogP contribution is 2.08. The number of anilines is 1. The molecule has 0 spiro atoms. The maximum Gasteiger partial charge on any atom is 0.223 e. The third kappa shape index (κ3) is 1.58. The number of hydrogen-bond acceptors (Lipinski definition) is 2. The minimum absolute atomic E-state index is 0.0120. The summed E-state index contributed by atoms with van der Waals surface area (Å²) in [5.41, 5.74) is 0.819. The van der Waals surface area contributed by atoms with Crippen molar-refractivity contribution in [3.63, 3.8) is 0 Å². The zero-order valence-electron chi connectivity index (χ0n) is 6.90. The summed E-state index contributed by atoms with van der Waals surface area (Å²) in [5, 5.41) is 3.94. The molecule has 0 saturated heterocycles. The van der Waals surface area contributed by atoms with Crippen molar-refractivity contribution in [1.82, 2.24) is 9.78 Å². The molecule has 1 aromatic heterocycles. The van der Waals surface area contributed by atoms with Gasteiger partial charge in [-0.2, -0.15) is 5.10 Å². The predicted octanol–water partition coefficient (Wildman–Crippen LogP) is 0.403. The van der Waals surface area contributed by atoms with Crippen LogP contribution in [-0.2, 0) is 11.8 Å². The summed E-state index contributed by atoms with van der Waals surface area (Å²) in [4.78, 5) is 12.4. The van der Waals surface area contributed by atoms with Gasteiger partial charge in [0, 0.05) is 27.2 Å². The Kier molecular flexibility index (Phi) is 1.94. The standard InChI is InChI=1S/C7H11N3O/c1-6(11)10(3)7-4-8-9(2)5-7/h4-5H,1-3H3. The van der Waals surface area contributed by atoms with Crippen molar-refractivity contribution in [1.29, 1.82) is 0 Å². The molecule has 1 amide bonds. The molecule has 0 unspecified atom stereocenters. The van der Waals surface area contributed by atoms with Crippen molar-refractivity contribution in [2.75, 3.05) is 11.9 Å². The van der Waals surface area contributed by atoms with Gasteiger partial charge in [-0.15, -0.1) is 0 Å². The van der Waals surface area contributed by atoms with E-state index < -0.39 is 0 Å². The van der Waals surface area contributed by atoms with Crippen LogP contribution >= 0.6 is 0 Å². The molecular formula is C7H11N3O. The summed E-state index contributed by atoms with van der Waals surface area (Å²) >= 11 is 0. The van der Waals surface area contributed by atoms with Gasteiger partial charge in [0.05, 0.1) is 11.9 Å². The third-order valence-corrected chi connectivity index (χ3v) is 1.55. The number of nitrogens with zero attached hydrogens (tertiary/aromatic N) is 3. The van der Waals surface area contributed by atoms with Crippen LogP contribution < -0.4 is 4.90 Å². The molecule has 1 aromatic rings. The highest BCUT2D eigenvalue weighted by atomic mass is 16.2. The van der Waals surface area contributed by atoms with Gasteiger partial charge >= 0.3 is 0 Å². The van der Waals surface area contributed by atoms with E-state index in [1.165, 1.54) is 6.92 Å². The number of aryl methyl sites for hydroxylation is 1. The molecule has 0 N–H and O–H groups in total. The van der Waals surface area contributed by atoms with Crippen molar-refractivity contribution in [2.45, 2.75) is 6.92 Å². The van der Waals surface area contributed by atoms with E-state index in [-0.39, 0.29) is 5.91 Å². The van der Waals surface area contributed by atoms with E-state index >= 15 is 0 Å². The first-order chi connectivity index (χ1) is 5.11. The highest BCUT2D eigenvalue weighted by molar-refractivity contribution is 5.90. The maximum absolute atomic E-state index is 10.8. The lowest BCUT2D eigenvalue weighted by Crippen LogP contribution is -2.22. The fourth-order valence-electron chi connectivity index (χ4n) is 0.763. The van der Waals surface area contributed by atoms with E-state index in [4.69, 9.17) is 0 Å². The average molecular weight is 153 g/mol. The van der Waals surface area contributed by atoms with E-state index in [2.05, 4.69) is 5.10 Å². The van der Waals surface area contributed by atoms with Gasteiger partial charge in [0.15, 0.2) is 0 Å². The molecule has 11 heavy (non-hydrogen) atoms. The number of aromatic nitrogens is 2. The fourth-order valence-corrected chi connectivity index (χ4v) is 0.763. The number of carbonyl (C=O) groups excluding carboxylic acids is 1. The molecule has 0 radical (unpaired) electrons. The number of carbonyl (C=O) groups is 1. The lowest BCUT2D eigenvalue weighted by atomic mass is 10.5. The van der Waals surface area contributed by atoms with Crippen LogP contribution in [0.25, 0.3) is 0 Å². The van der Waals surface area contributed by atoms with Gasteiger partial charge in [0.1, 0.15) is 0 Å². The first-order valence-corrected chi connectivity index (χ1v) is 3.34. The highest BCUT2D eigenvalue weighted by Gasteiger charge is 2.05. The molecule has 0 saturated carbocycles. The van der Waals surface area contributed by atoms with Gasteiger partial charge in [-0.1, -0.05) is 0 Å². The second kappa shape index (κ2) is 2.74. The molecule has 0 aliphatic carbocycles. The molecule has 1 rings (SSSR count). The quantitative estimate of drug-likeness (QED) is 0.585. The van der Waals surface area contributed by atoms with Gasteiger partial charge in [-0.25, -0.2) is 0 Å². The van der Waals surface area contributed by atoms with Crippen molar-refractivity contribution < 1.29 is 4.79 Å². The summed E-state index contributed by atoms with van der Waals surface area (Å²) in [5.74, 6) is 0.0120. The van der Waals surface area contributed by atoms with E-state index in [1.807, 2.05) is 7.05 Å². The summed E-state index contributed by atoms with van der Waals surface area (Å²) in [6.07, 6.45) is 3.45. The van der Waals surface area contributed by atoms with Crippen LogP contribution in [0.1, 0.15) is 6.92 Å². The first-order valence-electron chi connectivity index (χ1n) is 3.34. The maximum atomic E-state index is 10.8. The molecule has 60 valence electrons. The second-order valence-corrected chi connectivity index (χ2v) is 2.45. The van der Waals surface area contributed by atoms with Crippen LogP contribution in [0.2, 0.25) is 0 Å². The second-order valence-electron chi connectivity index (χ2n) is 2.45. The lowest BCUT2D eigenvalue weighted by molar-refractivity contribution is -0.116. The molecule has 0 fully saturated rings. The Hall–Kier alpha value is -1.32. The van der Waals surface area contributed by atoms with E-state index in [0.717, 1.165) is 5.69 Å². The van der Waals surface area contributed by atoms with Crippen LogP contribution in [0.5, 0.6) is 0 Å². The minimum atomic E-state index is 0.0120. The first kappa shape index (κ1) is 7.78. The van der Waals surface area contributed by atoms with E-state index in [0.29, 0.717) is 0 Å². The van der Waals surface area contributed by atoms with Gasteiger partial charge in [0.2, 0.25) is 5.91 Å². The Labute approximate surface area is 65.4 Å². The van der Waals surface area contributed by atoms with Crippen molar-refractivity contribution in [3.05, 3.63) is 12.4 Å². The zero-order valence-corrected chi connectivity index (χ0v) is 6.90. The number of hydrogen-bond donors (Lipinski definition) is 0. The van der Waals surface area contributed by atoms with Crippen molar-refractivity contribution in [2.24, 2.45) is 7.05 Å². The fraction of sp³-hybridized carbons (Fsp3) is 0.429. The van der Waals surface area contributed by atoms with Crippen LogP contribution in [0, 0.1) is 0 Å². The SMILES string of the molecule is CC(=O)N(C)c1cnn(C)c1. The van der Waals surface area contributed by atoms with Gasteiger partial charge in [-0.05, 0) is 0 Å². The van der Waals surface area contributed by atoms with Crippen LogP contribution in [0.3, 0.4) is 0 Å². The summed E-state index contributed by atoms with van der Waals surface area (Å²) in [7, 11) is 3.54. The largest absolute Gasteiger partial charge is 0.313 e. The van der Waals surface area contributed by atoms with Crippen LogP contribution in [0.15, 0.2) is 12.4 Å². The number of amides is 1. The van der Waals surface area contributed by atoms with E-state index in [1.54, 1.807) is 29.0 Å². The Morgan fingerprint density at radius 2 is 2.36 bits per heavy atom. The van der Waals surface area contributed by atoms with Crippen LogP contribution in [-0.4, -0.2) is 22.7 Å². The molecule has 0 aliphatic heterocycles. The van der Waals surface area contributed by atoms with Gasteiger partial charge in [0.25, 0.3) is 0 Å². The normalized spacial score (nSPS) is 9.73. The molecule has 4 heteroatoms. The predicted molar refractivity (Wildman–Crippen MR) is 42.3 cm³/mol. The Morgan fingerprint density at radius 3 is 2.73 bits per heavy atom. The van der Waals surface area contributed by atoms with Gasteiger partial charge < -0.3 is 4.90 Å². The Balaban J connectivity index is 2.84. The zero-order chi connectivity index (χ0) is 8.43. The Bertz CT molecular complexity index is 266. The molecular weight excluding hydrogens is 142 g/mol. The van der Waals surface area contributed by atoms with Gasteiger partial charge in [-0.3, -0.25) is 9.48 Å². The molecule has 0 aromatic carbocycles. The Morgan fingerprint density at radius 1 is 1.73 bits per heavy atom. The molecule has 0 atom stereocenters. The average Bonchev–Trinajstić information content (AvgIpc) is 2.34. The lowest BCUT2D eigenvalue weighted by Gasteiger charge is -2.10. The minimum Gasteiger partial charge on any atom is -0.313 e. The molecule has 0 aliphatic rings. The number of rotatable bonds is 1. The van der Waals surface area contributed by atoms with Crippen molar-refractivity contribution >= 4 is 11.6 Å². The van der Waals surface area contributed by atoms with E-state index in [9.17, 15) is 4.79 Å². The summed E-state index contributed by atoms with van der Waals surface area (Å²) in [6.45, 7) is 1.52. The van der Waals surface area contributed by atoms with Crippen molar-refractivity contribution in [3.8, 4) is 0 Å². The summed E-state index contributed by atoms with van der Waals surface area (Å²) in [6, 6.07) is 0. The third-order valence-electron chi connectivity index (χ3n) is 1.55. The topological polar surface area (TPSA) is 38.1 Å². The molecule has 4 nitrogen and oxygen atoms in total. The summed E-state index contributed by atoms with van der Waals surface area (Å²) < 4.78 is 1.66. The molecule has 0 bridgehead atoms. The molecule has 1 heterocycles. The smallest absolute Gasteiger partial charge is 0.223 e.